The SMILES string of the molecule is CC(C)OC1=C(OC(C)C)[C@]2(O)[C@H](C)[C@H](C)[C@@H](C)[C@]2(C)C1=O. The molecular formula is C18H30O4. The van der Waals surface area contributed by atoms with E-state index in [1.54, 1.807) is 0 Å². The Bertz CT molecular complexity index is 507. The van der Waals surface area contributed by atoms with Gasteiger partial charge in [0.2, 0.25) is 11.5 Å². The second-order valence-corrected chi connectivity index (χ2v) is 7.73. The highest BCUT2D eigenvalue weighted by molar-refractivity contribution is 6.04. The van der Waals surface area contributed by atoms with Crippen molar-refractivity contribution >= 4 is 5.78 Å². The Morgan fingerprint density at radius 2 is 1.50 bits per heavy atom. The predicted octanol–water partition coefficient (Wildman–Crippen LogP) is 3.29. The van der Waals surface area contributed by atoms with Crippen LogP contribution < -0.4 is 0 Å². The van der Waals surface area contributed by atoms with Crippen LogP contribution in [0, 0.1) is 23.2 Å². The molecule has 1 saturated carbocycles. The van der Waals surface area contributed by atoms with E-state index in [1.165, 1.54) is 0 Å². The molecular weight excluding hydrogens is 280 g/mol. The molecule has 0 heterocycles. The van der Waals surface area contributed by atoms with Crippen LogP contribution in [-0.4, -0.2) is 28.7 Å². The van der Waals surface area contributed by atoms with Gasteiger partial charge in [-0.2, -0.15) is 0 Å². The molecule has 4 nitrogen and oxygen atoms in total. The van der Waals surface area contributed by atoms with Crippen LogP contribution in [0.3, 0.4) is 0 Å². The van der Waals surface area contributed by atoms with Gasteiger partial charge >= 0.3 is 0 Å². The van der Waals surface area contributed by atoms with Crippen LogP contribution in [0.5, 0.6) is 0 Å². The average molecular weight is 310 g/mol. The van der Waals surface area contributed by atoms with E-state index >= 15 is 0 Å². The minimum atomic E-state index is -1.29. The minimum absolute atomic E-state index is 0.0547. The fourth-order valence-electron chi connectivity index (χ4n) is 4.22. The first kappa shape index (κ1) is 17.3. The fourth-order valence-corrected chi connectivity index (χ4v) is 4.22. The Morgan fingerprint density at radius 3 is 1.95 bits per heavy atom. The van der Waals surface area contributed by atoms with E-state index in [9.17, 15) is 9.90 Å². The molecule has 0 aliphatic heterocycles. The Kier molecular flexibility index (Phi) is 4.14. The monoisotopic (exact) mass is 310 g/mol. The molecule has 0 aromatic carbocycles. The first-order valence-electron chi connectivity index (χ1n) is 8.34. The van der Waals surface area contributed by atoms with Gasteiger partial charge in [-0.05, 0) is 52.4 Å². The van der Waals surface area contributed by atoms with Gasteiger partial charge in [0.1, 0.15) is 5.60 Å². The van der Waals surface area contributed by atoms with Crippen LogP contribution >= 0.6 is 0 Å². The molecule has 4 heteroatoms. The summed E-state index contributed by atoms with van der Waals surface area (Å²) in [6.45, 7) is 15.6. The number of aliphatic hydroxyl groups is 1. The minimum Gasteiger partial charge on any atom is -0.488 e. The normalized spacial score (nSPS) is 41.6. The fraction of sp³-hybridized carbons (Fsp3) is 0.833. The molecule has 0 aromatic heterocycles. The highest BCUT2D eigenvalue weighted by Gasteiger charge is 2.73. The topological polar surface area (TPSA) is 55.8 Å². The van der Waals surface area contributed by atoms with Gasteiger partial charge in [-0.3, -0.25) is 4.79 Å². The lowest BCUT2D eigenvalue weighted by molar-refractivity contribution is -0.141. The Hall–Kier alpha value is -1.03. The van der Waals surface area contributed by atoms with Gasteiger partial charge in [0.05, 0.1) is 17.6 Å². The van der Waals surface area contributed by atoms with Gasteiger partial charge in [0.25, 0.3) is 0 Å². The summed E-state index contributed by atoms with van der Waals surface area (Å²) in [5, 5.41) is 11.6. The zero-order valence-electron chi connectivity index (χ0n) is 15.1. The molecule has 0 bridgehead atoms. The number of fused-ring (bicyclic) bond motifs is 1. The highest BCUT2D eigenvalue weighted by atomic mass is 16.5. The van der Waals surface area contributed by atoms with Crippen LogP contribution in [0.2, 0.25) is 0 Å². The van der Waals surface area contributed by atoms with Gasteiger partial charge < -0.3 is 14.6 Å². The maximum Gasteiger partial charge on any atom is 0.210 e. The molecule has 22 heavy (non-hydrogen) atoms. The maximum atomic E-state index is 13.1. The van der Waals surface area contributed by atoms with E-state index in [1.807, 2.05) is 48.5 Å². The molecule has 0 unspecified atom stereocenters. The Morgan fingerprint density at radius 1 is 1.00 bits per heavy atom. The number of allylic oxidation sites excluding steroid dienone is 1. The average Bonchev–Trinajstić information content (AvgIpc) is 2.65. The van der Waals surface area contributed by atoms with E-state index in [4.69, 9.17) is 9.47 Å². The quantitative estimate of drug-likeness (QED) is 0.865. The first-order valence-corrected chi connectivity index (χ1v) is 8.34. The summed E-state index contributed by atoms with van der Waals surface area (Å²) in [6.07, 6.45) is -0.267. The summed E-state index contributed by atoms with van der Waals surface area (Å²) in [5.41, 5.74) is -2.18. The zero-order valence-corrected chi connectivity index (χ0v) is 15.1. The molecule has 2 aliphatic rings. The van der Waals surface area contributed by atoms with Gasteiger partial charge in [-0.25, -0.2) is 0 Å². The summed E-state index contributed by atoms with van der Waals surface area (Å²) in [6, 6.07) is 0. The van der Waals surface area contributed by atoms with Crippen LogP contribution in [0.15, 0.2) is 11.5 Å². The van der Waals surface area contributed by atoms with E-state index in [2.05, 4.69) is 6.92 Å². The molecule has 0 aromatic rings. The molecule has 2 rings (SSSR count). The van der Waals surface area contributed by atoms with Crippen LogP contribution in [0.4, 0.5) is 0 Å². The lowest BCUT2D eigenvalue weighted by Gasteiger charge is -2.37. The lowest BCUT2D eigenvalue weighted by Crippen LogP contribution is -2.49. The summed E-state index contributed by atoms with van der Waals surface area (Å²) in [4.78, 5) is 13.1. The van der Waals surface area contributed by atoms with Gasteiger partial charge in [-0.15, -0.1) is 0 Å². The van der Waals surface area contributed by atoms with E-state index in [0.29, 0.717) is 5.76 Å². The molecule has 0 amide bonds. The third-order valence-electron chi connectivity index (χ3n) is 5.88. The molecule has 1 N–H and O–H groups in total. The van der Waals surface area contributed by atoms with E-state index in [-0.39, 0.29) is 41.5 Å². The van der Waals surface area contributed by atoms with Crippen molar-refractivity contribution in [3.63, 3.8) is 0 Å². The number of Topliss-reactive ketones (excluding diaryl/α,β-unsaturated/α-hetero) is 1. The Balaban J connectivity index is 2.64. The van der Waals surface area contributed by atoms with Gasteiger partial charge in [-0.1, -0.05) is 20.8 Å². The van der Waals surface area contributed by atoms with Gasteiger partial charge in [0, 0.05) is 0 Å². The van der Waals surface area contributed by atoms with Crippen LogP contribution in [-0.2, 0) is 14.3 Å². The summed E-state index contributed by atoms with van der Waals surface area (Å²) >= 11 is 0. The molecule has 126 valence electrons. The van der Waals surface area contributed by atoms with Crippen molar-refractivity contribution in [2.24, 2.45) is 23.2 Å². The number of carbonyl (C=O) groups excluding carboxylic acids is 1. The summed E-state index contributed by atoms with van der Waals surface area (Å²) in [5.74, 6) is 0.651. The maximum absolute atomic E-state index is 13.1. The van der Waals surface area contributed by atoms with E-state index < -0.39 is 11.0 Å². The van der Waals surface area contributed by atoms with Crippen molar-refractivity contribution in [3.05, 3.63) is 11.5 Å². The van der Waals surface area contributed by atoms with Crippen molar-refractivity contribution in [2.45, 2.75) is 73.2 Å². The van der Waals surface area contributed by atoms with Crippen molar-refractivity contribution in [3.8, 4) is 0 Å². The number of hydrogen-bond acceptors (Lipinski definition) is 4. The smallest absolute Gasteiger partial charge is 0.210 e. The molecule has 0 radical (unpaired) electrons. The zero-order chi connectivity index (χ0) is 17.0. The number of carbonyl (C=O) groups is 1. The van der Waals surface area contributed by atoms with Crippen LogP contribution in [0.1, 0.15) is 55.4 Å². The predicted molar refractivity (Wildman–Crippen MR) is 85.0 cm³/mol. The molecule has 0 saturated heterocycles. The molecule has 2 aliphatic carbocycles. The van der Waals surface area contributed by atoms with Crippen molar-refractivity contribution < 1.29 is 19.4 Å². The second kappa shape index (κ2) is 5.26. The number of rotatable bonds is 4. The largest absolute Gasteiger partial charge is 0.488 e. The van der Waals surface area contributed by atoms with Crippen molar-refractivity contribution in [1.29, 1.82) is 0 Å². The Labute approximate surface area is 133 Å². The third kappa shape index (κ3) is 1.96. The van der Waals surface area contributed by atoms with Crippen LogP contribution in [0.25, 0.3) is 0 Å². The number of ketones is 1. The molecule has 0 spiro atoms. The lowest BCUT2D eigenvalue weighted by atomic mass is 9.70. The van der Waals surface area contributed by atoms with Gasteiger partial charge in [0.15, 0.2) is 5.76 Å². The third-order valence-corrected chi connectivity index (χ3v) is 5.88. The first-order chi connectivity index (χ1) is 9.99. The van der Waals surface area contributed by atoms with Crippen molar-refractivity contribution in [2.75, 3.05) is 0 Å². The van der Waals surface area contributed by atoms with E-state index in [0.717, 1.165) is 0 Å². The highest BCUT2D eigenvalue weighted by Crippen LogP contribution is 2.64. The van der Waals surface area contributed by atoms with Crippen molar-refractivity contribution in [1.82, 2.24) is 0 Å². The second-order valence-electron chi connectivity index (χ2n) is 7.73. The molecule has 1 fully saturated rings. The summed E-state index contributed by atoms with van der Waals surface area (Å²) < 4.78 is 11.7. The summed E-state index contributed by atoms with van der Waals surface area (Å²) in [7, 11) is 0. The number of hydrogen-bond donors (Lipinski definition) is 1. The number of ether oxygens (including phenoxy) is 2. The molecule has 5 atom stereocenters. The standard InChI is InChI=1S/C18H30O4/c1-9(2)21-14-15(19)17(8)12(6)11(5)13(7)18(17,20)16(14)22-10(3)4/h9-13,20H,1-8H3/t11-,12-,13-,17-,18-/m1/s1.